The number of fused-ring (bicyclic) bond motifs is 4. The standard InChI is InChI=1S/C34H26O2/c35-34(27-17-5-2-6-18-27)32-29-20-10-8-13-25(29)22-23-31(32)33(36-34,26-15-3-1-4-16-26)30-21-11-14-24-12-7-9-19-28(24)30/h1-23,31-32,35H/t31-,32-,33+,34+/m1/s1. The minimum absolute atomic E-state index is 0.134. The first kappa shape index (κ1) is 21.3. The smallest absolute Gasteiger partial charge is 0.201 e. The molecule has 1 heterocycles. The number of ether oxygens (including phenoxy) is 1. The molecule has 2 heteroatoms. The van der Waals surface area contributed by atoms with E-state index in [1.165, 1.54) is 0 Å². The first-order valence-corrected chi connectivity index (χ1v) is 12.5. The van der Waals surface area contributed by atoms with Crippen LogP contribution in [0.1, 0.15) is 33.7 Å². The molecule has 0 radical (unpaired) electrons. The Morgan fingerprint density at radius 2 is 1.25 bits per heavy atom. The molecule has 0 spiro atoms. The van der Waals surface area contributed by atoms with Gasteiger partial charge < -0.3 is 9.84 Å². The summed E-state index contributed by atoms with van der Waals surface area (Å²) in [6, 6.07) is 43.5. The van der Waals surface area contributed by atoms with E-state index in [4.69, 9.17) is 4.74 Å². The summed E-state index contributed by atoms with van der Waals surface area (Å²) < 4.78 is 7.21. The van der Waals surface area contributed by atoms with E-state index in [0.717, 1.165) is 38.6 Å². The molecule has 0 unspecified atom stereocenters. The predicted octanol–water partition coefficient (Wildman–Crippen LogP) is 7.39. The van der Waals surface area contributed by atoms with Crippen molar-refractivity contribution >= 4 is 16.8 Å². The number of hydrogen-bond donors (Lipinski definition) is 1. The van der Waals surface area contributed by atoms with Crippen molar-refractivity contribution in [3.63, 3.8) is 0 Å². The second-order valence-electron chi connectivity index (χ2n) is 9.78. The van der Waals surface area contributed by atoms with Gasteiger partial charge in [0.1, 0.15) is 5.60 Å². The number of aliphatic hydroxyl groups is 1. The van der Waals surface area contributed by atoms with E-state index in [1.54, 1.807) is 0 Å². The average Bonchev–Trinajstić information content (AvgIpc) is 3.24. The van der Waals surface area contributed by atoms with Crippen LogP contribution in [0.4, 0.5) is 0 Å². The Kier molecular flexibility index (Phi) is 4.75. The summed E-state index contributed by atoms with van der Waals surface area (Å²) in [6.07, 6.45) is 4.45. The molecule has 2 nitrogen and oxygen atoms in total. The van der Waals surface area contributed by atoms with Crippen molar-refractivity contribution in [1.29, 1.82) is 0 Å². The SMILES string of the molecule is O[C@@]1(c2ccccc2)O[C@@](c2ccccc2)(c2cccc3ccccc23)[C@@H]2C=Cc3ccccc3[C@H]21. The maximum atomic E-state index is 12.7. The van der Waals surface area contributed by atoms with Gasteiger partial charge in [0.25, 0.3) is 0 Å². The van der Waals surface area contributed by atoms with Crippen molar-refractivity contribution in [1.82, 2.24) is 0 Å². The molecule has 4 atom stereocenters. The topological polar surface area (TPSA) is 29.5 Å². The van der Waals surface area contributed by atoms with E-state index in [1.807, 2.05) is 36.4 Å². The van der Waals surface area contributed by atoms with Crippen molar-refractivity contribution in [2.75, 3.05) is 0 Å². The summed E-state index contributed by atoms with van der Waals surface area (Å²) in [4.78, 5) is 0. The van der Waals surface area contributed by atoms with Crippen LogP contribution in [0.2, 0.25) is 0 Å². The molecule has 1 saturated heterocycles. The molecule has 0 saturated carbocycles. The molecule has 5 aromatic rings. The Bertz CT molecular complexity index is 1580. The van der Waals surface area contributed by atoms with E-state index in [-0.39, 0.29) is 11.8 Å². The van der Waals surface area contributed by atoms with Crippen LogP contribution >= 0.6 is 0 Å². The molecule has 5 aromatic carbocycles. The molecule has 174 valence electrons. The first-order valence-electron chi connectivity index (χ1n) is 12.5. The second kappa shape index (κ2) is 8.03. The first-order chi connectivity index (χ1) is 17.7. The summed E-state index contributed by atoms with van der Waals surface area (Å²) in [5, 5.41) is 15.0. The van der Waals surface area contributed by atoms with Gasteiger partial charge >= 0.3 is 0 Å². The highest BCUT2D eigenvalue weighted by Crippen LogP contribution is 2.64. The van der Waals surface area contributed by atoms with E-state index in [0.29, 0.717) is 0 Å². The van der Waals surface area contributed by atoms with Crippen molar-refractivity contribution in [3.8, 4) is 0 Å². The van der Waals surface area contributed by atoms with Gasteiger partial charge in [-0.1, -0.05) is 140 Å². The molecule has 0 bridgehead atoms. The highest BCUT2D eigenvalue weighted by atomic mass is 16.6. The summed E-state index contributed by atoms with van der Waals surface area (Å²) in [5.41, 5.74) is 4.20. The van der Waals surface area contributed by atoms with E-state index in [9.17, 15) is 5.11 Å². The van der Waals surface area contributed by atoms with E-state index >= 15 is 0 Å². The van der Waals surface area contributed by atoms with Gasteiger partial charge in [0, 0.05) is 11.5 Å². The lowest BCUT2D eigenvalue weighted by atomic mass is 9.65. The van der Waals surface area contributed by atoms with Crippen LogP contribution in [0.15, 0.2) is 133 Å². The van der Waals surface area contributed by atoms with Crippen LogP contribution in [-0.2, 0) is 16.1 Å². The number of benzene rings is 5. The molecule has 1 aliphatic heterocycles. The van der Waals surface area contributed by atoms with Crippen LogP contribution in [0.5, 0.6) is 0 Å². The average molecular weight is 467 g/mol. The largest absolute Gasteiger partial charge is 0.361 e. The molecular weight excluding hydrogens is 440 g/mol. The Balaban J connectivity index is 1.59. The summed E-state index contributed by atoms with van der Waals surface area (Å²) in [5.74, 6) is -1.95. The number of hydrogen-bond acceptors (Lipinski definition) is 2. The highest BCUT2D eigenvalue weighted by molar-refractivity contribution is 5.87. The molecule has 0 aromatic heterocycles. The molecule has 1 aliphatic carbocycles. The lowest BCUT2D eigenvalue weighted by Crippen LogP contribution is -2.36. The van der Waals surface area contributed by atoms with E-state index in [2.05, 4.69) is 103 Å². The van der Waals surface area contributed by atoms with Gasteiger partial charge in [-0.25, -0.2) is 0 Å². The maximum Gasteiger partial charge on any atom is 0.201 e. The van der Waals surface area contributed by atoms with Gasteiger partial charge in [-0.2, -0.15) is 0 Å². The van der Waals surface area contributed by atoms with Crippen LogP contribution in [0, 0.1) is 5.92 Å². The maximum absolute atomic E-state index is 12.7. The van der Waals surface area contributed by atoms with Gasteiger partial charge in [0.2, 0.25) is 5.79 Å². The Labute approximate surface area is 211 Å². The predicted molar refractivity (Wildman–Crippen MR) is 144 cm³/mol. The van der Waals surface area contributed by atoms with Gasteiger partial charge in [0.05, 0.1) is 5.92 Å². The Morgan fingerprint density at radius 1 is 0.611 bits per heavy atom. The summed E-state index contributed by atoms with van der Waals surface area (Å²) >= 11 is 0. The van der Waals surface area contributed by atoms with Gasteiger partial charge in [-0.3, -0.25) is 0 Å². The highest BCUT2D eigenvalue weighted by Gasteiger charge is 2.64. The molecule has 1 N–H and O–H groups in total. The van der Waals surface area contributed by atoms with Gasteiger partial charge in [-0.15, -0.1) is 0 Å². The zero-order valence-corrected chi connectivity index (χ0v) is 19.8. The molecule has 36 heavy (non-hydrogen) atoms. The van der Waals surface area contributed by atoms with Crippen LogP contribution < -0.4 is 0 Å². The molecule has 0 amide bonds. The fourth-order valence-electron chi connectivity index (χ4n) is 6.45. The monoisotopic (exact) mass is 466 g/mol. The fraction of sp³-hybridized carbons (Fsp3) is 0.118. The lowest BCUT2D eigenvalue weighted by Gasteiger charge is -2.37. The summed E-state index contributed by atoms with van der Waals surface area (Å²) in [6.45, 7) is 0. The Hall–Kier alpha value is -3.98. The number of rotatable bonds is 3. The fourth-order valence-corrected chi connectivity index (χ4v) is 6.45. The van der Waals surface area contributed by atoms with Crippen molar-refractivity contribution in [2.45, 2.75) is 17.3 Å². The third kappa shape index (κ3) is 2.92. The normalized spacial score (nSPS) is 26.5. The quantitative estimate of drug-likeness (QED) is 0.300. The molecule has 2 aliphatic rings. The van der Waals surface area contributed by atoms with Crippen LogP contribution in [0.3, 0.4) is 0 Å². The van der Waals surface area contributed by atoms with Crippen LogP contribution in [-0.4, -0.2) is 5.11 Å². The second-order valence-corrected chi connectivity index (χ2v) is 9.78. The van der Waals surface area contributed by atoms with Crippen molar-refractivity contribution in [2.24, 2.45) is 5.92 Å². The van der Waals surface area contributed by atoms with Crippen molar-refractivity contribution in [3.05, 3.63) is 161 Å². The molecule has 7 rings (SSSR count). The minimum Gasteiger partial charge on any atom is -0.361 e. The third-order valence-electron chi connectivity index (χ3n) is 7.96. The molecule has 1 fully saturated rings. The zero-order chi connectivity index (χ0) is 24.2. The lowest BCUT2D eigenvalue weighted by molar-refractivity contribution is -0.231. The third-order valence-corrected chi connectivity index (χ3v) is 7.96. The van der Waals surface area contributed by atoms with Crippen LogP contribution in [0.25, 0.3) is 16.8 Å². The molecular formula is C34H26O2. The van der Waals surface area contributed by atoms with Crippen molar-refractivity contribution < 1.29 is 9.84 Å². The summed E-state index contributed by atoms with van der Waals surface area (Å²) in [7, 11) is 0. The zero-order valence-electron chi connectivity index (χ0n) is 19.8. The Morgan fingerprint density at radius 3 is 2.06 bits per heavy atom. The van der Waals surface area contributed by atoms with Gasteiger partial charge in [0.15, 0.2) is 0 Å². The van der Waals surface area contributed by atoms with Gasteiger partial charge in [-0.05, 0) is 33.0 Å². The van der Waals surface area contributed by atoms with E-state index < -0.39 is 11.4 Å². The minimum atomic E-state index is -1.53.